The second-order valence-corrected chi connectivity index (χ2v) is 9.32. The minimum Gasteiger partial charge on any atom is -0.382 e. The molecule has 2 N–H and O–H groups in total. The summed E-state index contributed by atoms with van der Waals surface area (Å²) in [6.45, 7) is 9.90. The van der Waals surface area contributed by atoms with Gasteiger partial charge in [-0.3, -0.25) is 0 Å². The number of rotatable bonds is 13. The number of imidazole rings is 1. The van der Waals surface area contributed by atoms with E-state index in [9.17, 15) is 0 Å². The summed E-state index contributed by atoms with van der Waals surface area (Å²) in [6.07, 6.45) is 1.90. The number of para-hydroxylation sites is 1. The Kier molecular flexibility index (Phi) is 8.33. The first kappa shape index (κ1) is 25.1. The van der Waals surface area contributed by atoms with Gasteiger partial charge in [0.2, 0.25) is 0 Å². The van der Waals surface area contributed by atoms with Crippen molar-refractivity contribution in [3.05, 3.63) is 66.0 Å². The summed E-state index contributed by atoms with van der Waals surface area (Å²) < 4.78 is 20.0. The fourth-order valence-electron chi connectivity index (χ4n) is 4.22. The number of unbranched alkanes of at least 4 members (excludes halogenated alkanes) is 1. The second-order valence-electron chi connectivity index (χ2n) is 9.32. The Morgan fingerprint density at radius 2 is 1.63 bits per heavy atom. The molecule has 0 spiro atoms. The zero-order valence-corrected chi connectivity index (χ0v) is 21.0. The van der Waals surface area contributed by atoms with Gasteiger partial charge in [-0.2, -0.15) is 0 Å². The van der Waals surface area contributed by atoms with E-state index < -0.39 is 5.60 Å². The van der Waals surface area contributed by atoms with Crippen molar-refractivity contribution in [1.29, 1.82) is 0 Å². The number of fused-ring (bicyclic) bond motifs is 3. The average molecular weight is 477 g/mol. The lowest BCUT2D eigenvalue weighted by Crippen LogP contribution is -2.32. The minimum atomic E-state index is -0.404. The Morgan fingerprint density at radius 3 is 2.43 bits per heavy atom. The van der Waals surface area contributed by atoms with Crippen molar-refractivity contribution in [3.63, 3.8) is 0 Å². The highest BCUT2D eigenvalue weighted by molar-refractivity contribution is 6.06. The van der Waals surface area contributed by atoms with Crippen LogP contribution in [0.1, 0.15) is 45.0 Å². The molecule has 0 amide bonds. The molecule has 7 heteroatoms. The number of aromatic nitrogens is 3. The van der Waals surface area contributed by atoms with Crippen molar-refractivity contribution in [2.45, 2.75) is 59.0 Å². The third-order valence-electron chi connectivity index (χ3n) is 5.95. The predicted molar refractivity (Wildman–Crippen MR) is 140 cm³/mol. The molecule has 4 rings (SSSR count). The molecule has 0 aliphatic rings. The lowest BCUT2D eigenvalue weighted by Gasteiger charge is -2.27. The van der Waals surface area contributed by atoms with Crippen LogP contribution in [0.4, 0.5) is 5.82 Å². The van der Waals surface area contributed by atoms with Gasteiger partial charge in [0.15, 0.2) is 5.82 Å². The number of nitrogen functional groups attached to an aromatic ring is 1. The molecule has 0 saturated heterocycles. The Balaban J connectivity index is 1.41. The van der Waals surface area contributed by atoms with Gasteiger partial charge in [-0.15, -0.1) is 0 Å². The molecule has 0 bridgehead atoms. The summed E-state index contributed by atoms with van der Waals surface area (Å²) in [5.41, 5.74) is 9.65. The molecule has 2 aromatic heterocycles. The average Bonchev–Trinajstić information content (AvgIpc) is 3.21. The van der Waals surface area contributed by atoms with Crippen LogP contribution in [-0.2, 0) is 34.0 Å². The zero-order valence-electron chi connectivity index (χ0n) is 21.0. The minimum absolute atomic E-state index is 0.404. The fraction of sp³-hybridized carbons (Fsp3) is 0.429. The number of nitrogens with two attached hydrogens (primary N) is 1. The van der Waals surface area contributed by atoms with Crippen LogP contribution in [0.25, 0.3) is 21.9 Å². The Bertz CT molecular complexity index is 1240. The lowest BCUT2D eigenvalue weighted by molar-refractivity contribution is -0.0334. The quantitative estimate of drug-likeness (QED) is 0.257. The number of benzene rings is 2. The van der Waals surface area contributed by atoms with E-state index in [0.717, 1.165) is 41.7 Å². The molecule has 2 aromatic carbocycles. The van der Waals surface area contributed by atoms with Crippen molar-refractivity contribution in [2.24, 2.45) is 0 Å². The van der Waals surface area contributed by atoms with Crippen LogP contribution in [-0.4, -0.2) is 40.0 Å². The van der Waals surface area contributed by atoms with Crippen LogP contribution >= 0.6 is 0 Å². The molecular formula is C28H36N4O3. The Morgan fingerprint density at radius 1 is 0.886 bits per heavy atom. The summed E-state index contributed by atoms with van der Waals surface area (Å²) >= 11 is 0. The third-order valence-corrected chi connectivity index (χ3v) is 5.95. The highest BCUT2D eigenvalue weighted by Gasteiger charge is 2.25. The van der Waals surface area contributed by atoms with Gasteiger partial charge in [0, 0.05) is 25.2 Å². The number of nitrogens with zero attached hydrogens (tertiary/aromatic N) is 3. The molecule has 2 heterocycles. The number of pyridine rings is 1. The Labute approximate surface area is 207 Å². The summed E-state index contributed by atoms with van der Waals surface area (Å²) in [6, 6.07) is 18.3. The first-order valence-corrected chi connectivity index (χ1v) is 12.3. The van der Waals surface area contributed by atoms with Gasteiger partial charge in [0.05, 0.1) is 29.8 Å². The van der Waals surface area contributed by atoms with E-state index in [1.165, 1.54) is 5.56 Å². The molecule has 7 nitrogen and oxygen atoms in total. The van der Waals surface area contributed by atoms with Crippen LogP contribution in [0.5, 0.6) is 0 Å². The number of hydrogen-bond acceptors (Lipinski definition) is 6. The topological polar surface area (TPSA) is 84.4 Å². The number of anilines is 1. The maximum Gasteiger partial charge on any atom is 0.152 e. The highest BCUT2D eigenvalue weighted by atomic mass is 16.5. The van der Waals surface area contributed by atoms with Gasteiger partial charge < -0.3 is 24.5 Å². The Hall–Kier alpha value is -3.00. The van der Waals surface area contributed by atoms with Crippen molar-refractivity contribution in [3.8, 4) is 0 Å². The van der Waals surface area contributed by atoms with Gasteiger partial charge >= 0.3 is 0 Å². The SMILES string of the molecule is CCOCc1nc2c(N)nc3ccccc3c2n1CC(C)(C)OCCCCOCc1ccccc1. The summed E-state index contributed by atoms with van der Waals surface area (Å²) in [7, 11) is 0. The molecule has 0 aliphatic heterocycles. The first-order chi connectivity index (χ1) is 17.0. The monoisotopic (exact) mass is 476 g/mol. The molecule has 0 saturated carbocycles. The molecule has 4 aromatic rings. The maximum absolute atomic E-state index is 6.33. The van der Waals surface area contributed by atoms with Gasteiger partial charge in [-0.25, -0.2) is 9.97 Å². The highest BCUT2D eigenvalue weighted by Crippen LogP contribution is 2.30. The second kappa shape index (κ2) is 11.6. The van der Waals surface area contributed by atoms with Crippen molar-refractivity contribution < 1.29 is 14.2 Å². The van der Waals surface area contributed by atoms with Gasteiger partial charge in [0.25, 0.3) is 0 Å². The number of hydrogen-bond donors (Lipinski definition) is 1. The largest absolute Gasteiger partial charge is 0.382 e. The van der Waals surface area contributed by atoms with Gasteiger partial charge in [-0.05, 0) is 45.2 Å². The van der Waals surface area contributed by atoms with Gasteiger partial charge in [0.1, 0.15) is 17.9 Å². The summed E-state index contributed by atoms with van der Waals surface area (Å²) in [4.78, 5) is 9.38. The lowest BCUT2D eigenvalue weighted by atomic mass is 10.1. The molecule has 0 aliphatic carbocycles. The molecule has 186 valence electrons. The van der Waals surface area contributed by atoms with E-state index in [1.807, 2.05) is 43.3 Å². The summed E-state index contributed by atoms with van der Waals surface area (Å²) in [5, 5.41) is 1.03. The van der Waals surface area contributed by atoms with Crippen molar-refractivity contribution in [2.75, 3.05) is 25.6 Å². The maximum atomic E-state index is 6.33. The van der Waals surface area contributed by atoms with E-state index >= 15 is 0 Å². The van der Waals surface area contributed by atoms with E-state index in [0.29, 0.717) is 44.3 Å². The summed E-state index contributed by atoms with van der Waals surface area (Å²) in [5.74, 6) is 1.27. The van der Waals surface area contributed by atoms with E-state index in [-0.39, 0.29) is 0 Å². The first-order valence-electron chi connectivity index (χ1n) is 12.3. The molecular weight excluding hydrogens is 440 g/mol. The van der Waals surface area contributed by atoms with Crippen LogP contribution in [0.2, 0.25) is 0 Å². The van der Waals surface area contributed by atoms with E-state index in [2.05, 4.69) is 41.6 Å². The van der Waals surface area contributed by atoms with Crippen molar-refractivity contribution in [1.82, 2.24) is 14.5 Å². The zero-order chi connectivity index (χ0) is 24.7. The number of ether oxygens (including phenoxy) is 3. The van der Waals surface area contributed by atoms with Crippen LogP contribution in [0, 0.1) is 0 Å². The van der Waals surface area contributed by atoms with E-state index in [4.69, 9.17) is 24.9 Å². The molecule has 0 unspecified atom stereocenters. The third kappa shape index (κ3) is 6.36. The molecule has 35 heavy (non-hydrogen) atoms. The molecule has 0 radical (unpaired) electrons. The van der Waals surface area contributed by atoms with E-state index in [1.54, 1.807) is 0 Å². The van der Waals surface area contributed by atoms with Gasteiger partial charge in [-0.1, -0.05) is 48.5 Å². The predicted octanol–water partition coefficient (Wildman–Crippen LogP) is 5.50. The smallest absolute Gasteiger partial charge is 0.152 e. The van der Waals surface area contributed by atoms with Crippen LogP contribution < -0.4 is 5.73 Å². The molecule has 0 fully saturated rings. The van der Waals surface area contributed by atoms with Crippen molar-refractivity contribution >= 4 is 27.8 Å². The van der Waals surface area contributed by atoms with Crippen LogP contribution in [0.15, 0.2) is 54.6 Å². The fourth-order valence-corrected chi connectivity index (χ4v) is 4.22. The normalized spacial score (nSPS) is 12.1. The standard InChI is InChI=1S/C28H36N4O3/c1-4-33-19-24-31-25-26(22-14-8-9-15-23(22)30-27(25)29)32(24)20-28(2,3)35-17-11-10-16-34-18-21-12-6-5-7-13-21/h5-9,12-15H,4,10-11,16-20H2,1-3H3,(H2,29,30). The molecule has 0 atom stereocenters. The van der Waals surface area contributed by atoms with Crippen LogP contribution in [0.3, 0.4) is 0 Å².